The van der Waals surface area contributed by atoms with Crippen LogP contribution >= 0.6 is 0 Å². The third kappa shape index (κ3) is 3.31. The van der Waals surface area contributed by atoms with Crippen molar-refractivity contribution < 1.29 is 9.13 Å². The molecule has 0 aliphatic heterocycles. The molecule has 0 fully saturated rings. The number of hydrogen-bond donors (Lipinski definition) is 0. The van der Waals surface area contributed by atoms with Crippen LogP contribution in [0.15, 0.2) is 24.5 Å². The van der Waals surface area contributed by atoms with E-state index in [-0.39, 0.29) is 6.04 Å². The number of ether oxygens (including phenoxy) is 1. The van der Waals surface area contributed by atoms with Crippen LogP contribution in [0, 0.1) is 6.92 Å². The summed E-state index contributed by atoms with van der Waals surface area (Å²) in [5.74, 6) is 0.912. The zero-order chi connectivity index (χ0) is 19.7. The maximum atomic E-state index is 13.5. The first-order valence-corrected chi connectivity index (χ1v) is 9.53. The summed E-state index contributed by atoms with van der Waals surface area (Å²) in [5, 5.41) is 0. The zero-order valence-electron chi connectivity index (χ0n) is 17.0. The molecule has 0 radical (unpaired) electrons. The molecule has 3 heterocycles. The number of aryl methyl sites for hydroxylation is 2. The highest BCUT2D eigenvalue weighted by molar-refractivity contribution is 5.97. The Labute approximate surface area is 160 Å². The van der Waals surface area contributed by atoms with Gasteiger partial charge < -0.3 is 9.30 Å². The Kier molecular flexibility index (Phi) is 5.49. The van der Waals surface area contributed by atoms with Crippen molar-refractivity contribution in [3.8, 4) is 17.0 Å². The zero-order valence-corrected chi connectivity index (χ0v) is 17.0. The number of fused-ring (bicyclic) bond motifs is 1. The summed E-state index contributed by atoms with van der Waals surface area (Å²) in [7, 11) is 1.65. The van der Waals surface area contributed by atoms with Gasteiger partial charge in [-0.3, -0.25) is 4.98 Å². The van der Waals surface area contributed by atoms with Crippen molar-refractivity contribution in [1.29, 1.82) is 0 Å². The summed E-state index contributed by atoms with van der Waals surface area (Å²) in [6.07, 6.45) is 4.74. The Bertz CT molecular complexity index is 962. The van der Waals surface area contributed by atoms with E-state index in [0.717, 1.165) is 45.4 Å². The summed E-state index contributed by atoms with van der Waals surface area (Å²) >= 11 is 0. The summed E-state index contributed by atoms with van der Waals surface area (Å²) in [6.45, 7) is 9.80. The number of halogens is 1. The van der Waals surface area contributed by atoms with Crippen molar-refractivity contribution >= 4 is 11.0 Å². The van der Waals surface area contributed by atoms with Crippen molar-refractivity contribution in [2.24, 2.45) is 0 Å². The number of alkyl halides is 1. The minimum Gasteiger partial charge on any atom is -0.481 e. The number of hydrogen-bond acceptors (Lipinski definition) is 3. The van der Waals surface area contributed by atoms with Crippen LogP contribution in [0.1, 0.15) is 56.5 Å². The smallest absolute Gasteiger partial charge is 0.221 e. The van der Waals surface area contributed by atoms with Gasteiger partial charge in [0.25, 0.3) is 0 Å². The van der Waals surface area contributed by atoms with Crippen molar-refractivity contribution in [2.45, 2.75) is 53.0 Å². The van der Waals surface area contributed by atoms with Gasteiger partial charge in [-0.1, -0.05) is 20.8 Å². The highest BCUT2D eigenvalue weighted by Crippen LogP contribution is 2.39. The van der Waals surface area contributed by atoms with Crippen LogP contribution in [0.4, 0.5) is 4.39 Å². The van der Waals surface area contributed by atoms with Gasteiger partial charge in [-0.2, -0.15) is 0 Å². The molecular weight excluding hydrogens is 341 g/mol. The fraction of sp³-hybridized carbons (Fsp3) is 0.455. The maximum absolute atomic E-state index is 13.5. The average Bonchev–Trinajstić information content (AvgIpc) is 3.02. The molecule has 4 nitrogen and oxygen atoms in total. The number of methoxy groups -OCH3 is 1. The third-order valence-corrected chi connectivity index (χ3v) is 5.11. The quantitative estimate of drug-likeness (QED) is 0.565. The normalized spacial score (nSPS) is 12.7. The number of aromatic nitrogens is 3. The average molecular weight is 369 g/mol. The second-order valence-corrected chi connectivity index (χ2v) is 7.38. The molecule has 0 unspecified atom stereocenters. The van der Waals surface area contributed by atoms with Gasteiger partial charge in [0.05, 0.1) is 24.2 Å². The Hall–Kier alpha value is -2.43. The van der Waals surface area contributed by atoms with E-state index in [2.05, 4.69) is 31.8 Å². The van der Waals surface area contributed by atoms with Crippen LogP contribution in [0.2, 0.25) is 0 Å². The fourth-order valence-corrected chi connectivity index (χ4v) is 3.53. The van der Waals surface area contributed by atoms with Gasteiger partial charge in [0.1, 0.15) is 6.67 Å². The van der Waals surface area contributed by atoms with E-state index < -0.39 is 6.67 Å². The predicted octanol–water partition coefficient (Wildman–Crippen LogP) is 5.63. The van der Waals surface area contributed by atoms with E-state index in [0.29, 0.717) is 11.8 Å². The lowest BCUT2D eigenvalue weighted by molar-refractivity contribution is 0.383. The predicted molar refractivity (Wildman–Crippen MR) is 108 cm³/mol. The van der Waals surface area contributed by atoms with E-state index in [4.69, 9.17) is 9.72 Å². The molecule has 0 saturated carbocycles. The summed E-state index contributed by atoms with van der Waals surface area (Å²) in [4.78, 5) is 9.40. The van der Waals surface area contributed by atoms with Gasteiger partial charge in [-0.25, -0.2) is 9.37 Å². The Morgan fingerprint density at radius 1 is 1.22 bits per heavy atom. The highest BCUT2D eigenvalue weighted by atomic mass is 19.1. The molecule has 3 rings (SSSR count). The van der Waals surface area contributed by atoms with Crippen molar-refractivity contribution in [1.82, 2.24) is 14.5 Å². The van der Waals surface area contributed by atoms with Crippen molar-refractivity contribution in [3.05, 3.63) is 41.3 Å². The molecule has 0 aromatic carbocycles. The standard InChI is InChI=1S/C22H28FN3O/c1-7-16-11-24-20-14(4)12-26(15(5)10-23)21(20)19(16)17-8-9-18(13(2)3)25-22(17)27-6/h8-9,11-13,15H,7,10H2,1-6H3/t15-/m1/s1. The van der Waals surface area contributed by atoms with Crippen LogP contribution in [-0.4, -0.2) is 28.3 Å². The molecule has 3 aromatic heterocycles. The van der Waals surface area contributed by atoms with Crippen LogP contribution < -0.4 is 4.74 Å². The van der Waals surface area contributed by atoms with Crippen LogP contribution in [0.3, 0.4) is 0 Å². The molecule has 0 saturated heterocycles. The van der Waals surface area contributed by atoms with Crippen molar-refractivity contribution in [3.63, 3.8) is 0 Å². The second kappa shape index (κ2) is 7.67. The molecule has 0 amide bonds. The molecule has 5 heteroatoms. The van der Waals surface area contributed by atoms with Gasteiger partial charge in [-0.05, 0) is 49.4 Å². The second-order valence-electron chi connectivity index (χ2n) is 7.38. The first kappa shape index (κ1) is 19.3. The van der Waals surface area contributed by atoms with Gasteiger partial charge in [0, 0.05) is 29.2 Å². The van der Waals surface area contributed by atoms with Gasteiger partial charge in [-0.15, -0.1) is 0 Å². The van der Waals surface area contributed by atoms with Crippen molar-refractivity contribution in [2.75, 3.05) is 13.8 Å². The van der Waals surface area contributed by atoms with E-state index in [1.165, 1.54) is 0 Å². The van der Waals surface area contributed by atoms with Crippen LogP contribution in [-0.2, 0) is 6.42 Å². The molecule has 27 heavy (non-hydrogen) atoms. The van der Waals surface area contributed by atoms with E-state index >= 15 is 0 Å². The summed E-state index contributed by atoms with van der Waals surface area (Å²) < 4.78 is 21.2. The lowest BCUT2D eigenvalue weighted by Gasteiger charge is -2.18. The minimum absolute atomic E-state index is 0.261. The molecule has 0 spiro atoms. The number of nitrogens with zero attached hydrogens (tertiary/aromatic N) is 3. The lowest BCUT2D eigenvalue weighted by Crippen LogP contribution is -2.08. The summed E-state index contributed by atoms with van der Waals surface area (Å²) in [5.41, 5.74) is 6.95. The molecule has 3 aromatic rings. The van der Waals surface area contributed by atoms with Crippen LogP contribution in [0.25, 0.3) is 22.2 Å². The fourth-order valence-electron chi connectivity index (χ4n) is 3.53. The first-order valence-electron chi connectivity index (χ1n) is 9.53. The molecule has 144 valence electrons. The first-order chi connectivity index (χ1) is 12.9. The SMILES string of the molecule is CCc1cnc2c(C)cn([C@H](C)CF)c2c1-c1ccc(C(C)C)nc1OC. The Morgan fingerprint density at radius 3 is 2.56 bits per heavy atom. The molecule has 1 atom stereocenters. The Morgan fingerprint density at radius 2 is 1.96 bits per heavy atom. The number of pyridine rings is 2. The van der Waals surface area contributed by atoms with Gasteiger partial charge >= 0.3 is 0 Å². The molecule has 0 bridgehead atoms. The van der Waals surface area contributed by atoms with E-state index in [9.17, 15) is 4.39 Å². The molecule has 0 aliphatic rings. The Balaban J connectivity index is 2.39. The van der Waals surface area contributed by atoms with E-state index in [1.54, 1.807) is 7.11 Å². The lowest BCUT2D eigenvalue weighted by atomic mass is 9.97. The monoisotopic (exact) mass is 369 g/mol. The topological polar surface area (TPSA) is 39.9 Å². The maximum Gasteiger partial charge on any atom is 0.221 e. The van der Waals surface area contributed by atoms with Gasteiger partial charge in [0.15, 0.2) is 0 Å². The molecular formula is C22H28FN3O. The highest BCUT2D eigenvalue weighted by Gasteiger charge is 2.22. The largest absolute Gasteiger partial charge is 0.481 e. The van der Waals surface area contributed by atoms with Gasteiger partial charge in [0.2, 0.25) is 5.88 Å². The van der Waals surface area contributed by atoms with E-state index in [1.807, 2.05) is 36.9 Å². The third-order valence-electron chi connectivity index (χ3n) is 5.11. The minimum atomic E-state index is -0.430. The molecule has 0 aliphatic carbocycles. The molecule has 0 N–H and O–H groups in total. The summed E-state index contributed by atoms with van der Waals surface area (Å²) in [6, 6.07) is 3.86. The number of rotatable bonds is 6. The van der Waals surface area contributed by atoms with Crippen LogP contribution in [0.5, 0.6) is 5.88 Å².